The second-order valence-electron chi connectivity index (χ2n) is 7.68. The van der Waals surface area contributed by atoms with Gasteiger partial charge >= 0.3 is 0 Å². The van der Waals surface area contributed by atoms with E-state index in [4.69, 9.17) is 11.6 Å². The Labute approximate surface area is 189 Å². The molecule has 0 spiro atoms. The lowest BCUT2D eigenvalue weighted by Crippen LogP contribution is -2.50. The van der Waals surface area contributed by atoms with Crippen LogP contribution in [0.1, 0.15) is 43.9 Å². The molecule has 30 heavy (non-hydrogen) atoms. The number of nitrogens with one attached hydrogen (secondary N) is 1. The fraction of sp³-hybridized carbons (Fsp3) is 0.417. The molecule has 0 bridgehead atoms. The van der Waals surface area contributed by atoms with Crippen molar-refractivity contribution < 1.29 is 9.59 Å². The highest BCUT2D eigenvalue weighted by molar-refractivity contribution is 7.99. The van der Waals surface area contributed by atoms with Gasteiger partial charge in [0.2, 0.25) is 11.8 Å². The molecular weight excluding hydrogens is 416 g/mol. The lowest BCUT2D eigenvalue weighted by atomic mass is 10.1. The number of amides is 2. The maximum Gasteiger partial charge on any atom is 0.243 e. The Kier molecular flexibility index (Phi) is 9.73. The average molecular weight is 447 g/mol. The van der Waals surface area contributed by atoms with Crippen molar-refractivity contribution in [3.8, 4) is 0 Å². The monoisotopic (exact) mass is 446 g/mol. The van der Waals surface area contributed by atoms with E-state index in [9.17, 15) is 9.59 Å². The third kappa shape index (κ3) is 7.37. The van der Waals surface area contributed by atoms with Gasteiger partial charge in [0.25, 0.3) is 0 Å². The predicted molar refractivity (Wildman–Crippen MR) is 127 cm³/mol. The zero-order chi connectivity index (χ0) is 22.1. The van der Waals surface area contributed by atoms with Gasteiger partial charge < -0.3 is 10.2 Å². The topological polar surface area (TPSA) is 49.4 Å². The second kappa shape index (κ2) is 12.0. The summed E-state index contributed by atoms with van der Waals surface area (Å²) in [4.78, 5) is 27.7. The normalized spacial score (nSPS) is 11.9. The van der Waals surface area contributed by atoms with Crippen LogP contribution in [0.3, 0.4) is 0 Å². The van der Waals surface area contributed by atoms with E-state index < -0.39 is 6.04 Å². The van der Waals surface area contributed by atoms with Crippen molar-refractivity contribution in [3.63, 3.8) is 0 Å². The molecule has 2 rings (SSSR count). The molecule has 0 radical (unpaired) electrons. The van der Waals surface area contributed by atoms with Gasteiger partial charge in [0.15, 0.2) is 0 Å². The summed E-state index contributed by atoms with van der Waals surface area (Å²) >= 11 is 7.74. The molecule has 162 valence electrons. The minimum atomic E-state index is -0.499. The summed E-state index contributed by atoms with van der Waals surface area (Å²) < 4.78 is 0. The first-order valence-corrected chi connectivity index (χ1v) is 11.8. The van der Waals surface area contributed by atoms with Crippen LogP contribution in [0.4, 0.5) is 0 Å². The smallest absolute Gasteiger partial charge is 0.243 e. The Morgan fingerprint density at radius 2 is 1.87 bits per heavy atom. The molecule has 0 fully saturated rings. The Balaban J connectivity index is 2.14. The number of halogens is 1. The fourth-order valence-electron chi connectivity index (χ4n) is 3.25. The Morgan fingerprint density at radius 3 is 2.50 bits per heavy atom. The number of benzene rings is 2. The van der Waals surface area contributed by atoms with Gasteiger partial charge in [-0.1, -0.05) is 66.6 Å². The molecule has 0 aromatic heterocycles. The summed E-state index contributed by atoms with van der Waals surface area (Å²) in [5.74, 6) is 0.796. The predicted octanol–water partition coefficient (Wildman–Crippen LogP) is 5.21. The minimum Gasteiger partial charge on any atom is -0.352 e. The van der Waals surface area contributed by atoms with Crippen molar-refractivity contribution >= 4 is 35.2 Å². The van der Waals surface area contributed by atoms with E-state index >= 15 is 0 Å². The summed E-state index contributed by atoms with van der Waals surface area (Å²) in [6.07, 6.45) is 0.561. The first-order valence-electron chi connectivity index (χ1n) is 10.3. The summed E-state index contributed by atoms with van der Waals surface area (Å²) in [5.41, 5.74) is 3.16. The minimum absolute atomic E-state index is 0.0251. The van der Waals surface area contributed by atoms with Gasteiger partial charge in [0.1, 0.15) is 6.04 Å². The molecule has 1 N–H and O–H groups in total. The molecule has 1 atom stereocenters. The van der Waals surface area contributed by atoms with Crippen LogP contribution < -0.4 is 5.32 Å². The fourth-order valence-corrected chi connectivity index (χ4v) is 4.45. The largest absolute Gasteiger partial charge is 0.352 e. The van der Waals surface area contributed by atoms with Crippen LogP contribution in [0, 0.1) is 6.92 Å². The molecule has 2 amide bonds. The molecule has 0 saturated heterocycles. The van der Waals surface area contributed by atoms with Gasteiger partial charge in [-0.2, -0.15) is 0 Å². The maximum atomic E-state index is 13.2. The highest BCUT2D eigenvalue weighted by atomic mass is 35.5. The number of aryl methyl sites for hydroxylation is 1. The van der Waals surface area contributed by atoms with E-state index in [0.717, 1.165) is 16.7 Å². The zero-order valence-electron chi connectivity index (χ0n) is 18.2. The van der Waals surface area contributed by atoms with E-state index in [2.05, 4.69) is 11.4 Å². The highest BCUT2D eigenvalue weighted by Gasteiger charge is 2.28. The number of rotatable bonds is 10. The molecule has 0 aliphatic heterocycles. The lowest BCUT2D eigenvalue weighted by Gasteiger charge is -2.31. The SMILES string of the molecule is CC[C@H](C(=O)NC(C)C)N(Cc1cccc(C)c1)C(=O)CSCc1ccccc1Cl. The van der Waals surface area contributed by atoms with Gasteiger partial charge in [-0.15, -0.1) is 11.8 Å². The average Bonchev–Trinajstić information content (AvgIpc) is 2.68. The number of thioether (sulfide) groups is 1. The van der Waals surface area contributed by atoms with Crippen molar-refractivity contribution in [3.05, 3.63) is 70.2 Å². The van der Waals surface area contributed by atoms with Crippen molar-refractivity contribution in [2.45, 2.75) is 58.5 Å². The third-order valence-corrected chi connectivity index (χ3v) is 6.03. The quantitative estimate of drug-likeness (QED) is 0.544. The van der Waals surface area contributed by atoms with Gasteiger partial charge in [-0.3, -0.25) is 9.59 Å². The van der Waals surface area contributed by atoms with Crippen molar-refractivity contribution in [2.75, 3.05) is 5.75 Å². The van der Waals surface area contributed by atoms with Gasteiger partial charge in [-0.25, -0.2) is 0 Å². The molecule has 6 heteroatoms. The molecular formula is C24H31ClN2O2S. The Morgan fingerprint density at radius 1 is 1.13 bits per heavy atom. The second-order valence-corrected chi connectivity index (χ2v) is 9.08. The summed E-state index contributed by atoms with van der Waals surface area (Å²) in [5, 5.41) is 3.66. The number of carbonyl (C=O) groups is 2. The van der Waals surface area contributed by atoms with Crippen molar-refractivity contribution in [1.82, 2.24) is 10.2 Å². The third-order valence-electron chi connectivity index (χ3n) is 4.69. The van der Waals surface area contributed by atoms with Gasteiger partial charge in [-0.05, 0) is 44.4 Å². The lowest BCUT2D eigenvalue weighted by molar-refractivity contribution is -0.139. The van der Waals surface area contributed by atoms with Crippen LogP contribution in [0.5, 0.6) is 0 Å². The molecule has 0 aliphatic carbocycles. The van der Waals surface area contributed by atoms with Gasteiger partial charge in [0.05, 0.1) is 5.75 Å². The number of hydrogen-bond acceptors (Lipinski definition) is 3. The molecule has 0 saturated carbocycles. The summed E-state index contributed by atoms with van der Waals surface area (Å²) in [7, 11) is 0. The van der Waals surface area contributed by atoms with E-state index in [0.29, 0.717) is 29.5 Å². The molecule has 2 aromatic rings. The Hall–Kier alpha value is -1.98. The van der Waals surface area contributed by atoms with Gasteiger partial charge in [0, 0.05) is 23.4 Å². The van der Waals surface area contributed by atoms with Crippen LogP contribution in [0.15, 0.2) is 48.5 Å². The maximum absolute atomic E-state index is 13.2. The highest BCUT2D eigenvalue weighted by Crippen LogP contribution is 2.22. The molecule has 4 nitrogen and oxygen atoms in total. The van der Waals surface area contributed by atoms with Crippen molar-refractivity contribution in [1.29, 1.82) is 0 Å². The van der Waals surface area contributed by atoms with Crippen molar-refractivity contribution in [2.24, 2.45) is 0 Å². The molecule has 2 aromatic carbocycles. The first kappa shape index (κ1) is 24.3. The number of carbonyl (C=O) groups excluding carboxylic acids is 2. The molecule has 0 heterocycles. The molecule has 0 unspecified atom stereocenters. The van der Waals surface area contributed by atoms with Crippen LogP contribution in [0.25, 0.3) is 0 Å². The van der Waals surface area contributed by atoms with E-state index in [1.54, 1.807) is 4.90 Å². The van der Waals surface area contributed by atoms with Crippen LogP contribution in [0.2, 0.25) is 5.02 Å². The number of nitrogens with zero attached hydrogens (tertiary/aromatic N) is 1. The Bertz CT molecular complexity index is 857. The zero-order valence-corrected chi connectivity index (χ0v) is 19.7. The van der Waals surface area contributed by atoms with E-state index in [1.807, 2.05) is 70.2 Å². The van der Waals surface area contributed by atoms with E-state index in [-0.39, 0.29) is 17.9 Å². The van der Waals surface area contributed by atoms with Crippen LogP contribution in [-0.2, 0) is 21.9 Å². The number of hydrogen-bond donors (Lipinski definition) is 1. The summed E-state index contributed by atoms with van der Waals surface area (Å²) in [6.45, 7) is 8.24. The summed E-state index contributed by atoms with van der Waals surface area (Å²) in [6, 6.07) is 15.2. The van der Waals surface area contributed by atoms with Crippen LogP contribution in [-0.4, -0.2) is 34.6 Å². The first-order chi connectivity index (χ1) is 14.3. The van der Waals surface area contributed by atoms with Crippen LogP contribution >= 0.6 is 23.4 Å². The van der Waals surface area contributed by atoms with E-state index in [1.165, 1.54) is 11.8 Å². The molecule has 0 aliphatic rings. The standard InChI is InChI=1S/C24H31ClN2O2S/c1-5-22(24(29)26-17(2)3)27(14-19-10-8-9-18(4)13-19)23(28)16-30-15-20-11-6-7-12-21(20)25/h6-13,17,22H,5,14-16H2,1-4H3,(H,26,29)/t22-/m1/s1.